The van der Waals surface area contributed by atoms with Gasteiger partial charge in [-0.15, -0.1) is 0 Å². The largest absolute Gasteiger partial charge is 0.398 e. The molecule has 1 heterocycles. The Kier molecular flexibility index (Phi) is 6.79. The van der Waals surface area contributed by atoms with E-state index < -0.39 is 12.0 Å². The van der Waals surface area contributed by atoms with Crippen LogP contribution in [0.15, 0.2) is 47.3 Å². The molecule has 9 heteroatoms. The lowest BCUT2D eigenvalue weighted by molar-refractivity contribution is -0.114. The van der Waals surface area contributed by atoms with Crippen LogP contribution in [0.25, 0.3) is 5.69 Å². The van der Waals surface area contributed by atoms with Crippen molar-refractivity contribution in [1.82, 2.24) is 15.1 Å². The van der Waals surface area contributed by atoms with Crippen molar-refractivity contribution in [2.45, 2.75) is 13.0 Å². The van der Waals surface area contributed by atoms with Crippen molar-refractivity contribution >= 4 is 34.8 Å². The monoisotopic (exact) mass is 396 g/mol. The Morgan fingerprint density at radius 2 is 2.12 bits per heavy atom. The fraction of sp³-hybridized carbons (Fsp3) is 0.235. The molecule has 2 aromatic rings. The second-order valence-corrected chi connectivity index (χ2v) is 6.09. The molecule has 1 unspecified atom stereocenters. The molecule has 1 amide bonds. The number of amides is 1. The van der Waals surface area contributed by atoms with E-state index in [1.165, 1.54) is 20.2 Å². The van der Waals surface area contributed by atoms with Crippen LogP contribution < -0.4 is 5.32 Å². The summed E-state index contributed by atoms with van der Waals surface area (Å²) in [5.41, 5.74) is 1.61. The number of aromatic nitrogens is 2. The molecule has 26 heavy (non-hydrogen) atoms. The lowest BCUT2D eigenvalue weighted by Crippen LogP contribution is -2.28. The summed E-state index contributed by atoms with van der Waals surface area (Å²) in [5, 5.41) is 21.7. The summed E-state index contributed by atoms with van der Waals surface area (Å²) in [4.78, 5) is 16.5. The number of carbonyl (C=O) groups excluding carboxylic acids is 1. The number of halogens is 2. The molecule has 138 valence electrons. The Morgan fingerprint density at radius 1 is 1.38 bits per heavy atom. The minimum Gasteiger partial charge on any atom is -0.398 e. The Bertz CT molecular complexity index is 861. The van der Waals surface area contributed by atoms with Crippen LogP contribution in [0.5, 0.6) is 0 Å². The molecule has 1 atom stereocenters. The Hall–Kier alpha value is -2.35. The first-order valence-electron chi connectivity index (χ1n) is 7.58. The fourth-order valence-corrected chi connectivity index (χ4v) is 2.46. The van der Waals surface area contributed by atoms with Gasteiger partial charge in [-0.3, -0.25) is 4.79 Å². The third-order valence-corrected chi connectivity index (χ3v) is 4.23. The number of nitrogens with zero attached hydrogens (tertiary/aromatic N) is 3. The standard InChI is InChI=1S/C17H18Cl2N4O3/c1-10(16(22-26-3)17(25)20-2)8-15(24)14-6-7-23(21-14)11-4-5-12(18)13(19)9-11/h4-9,15,24H,1-3H3,(H,20,25)/b10-8-,22-16+. The average Bonchev–Trinajstić information content (AvgIpc) is 3.11. The number of aliphatic hydroxyl groups is 1. The minimum absolute atomic E-state index is 0.0676. The molecular formula is C17H18Cl2N4O3. The second-order valence-electron chi connectivity index (χ2n) is 5.28. The number of oxime groups is 1. The van der Waals surface area contributed by atoms with Gasteiger partial charge < -0.3 is 15.3 Å². The molecule has 1 aromatic carbocycles. The molecule has 2 rings (SSSR count). The maximum Gasteiger partial charge on any atom is 0.273 e. The molecule has 1 aromatic heterocycles. The number of benzene rings is 1. The fourth-order valence-electron chi connectivity index (χ4n) is 2.17. The van der Waals surface area contributed by atoms with Gasteiger partial charge in [-0.05, 0) is 42.8 Å². The number of hydrogen-bond acceptors (Lipinski definition) is 5. The molecule has 0 bridgehead atoms. The Labute approximate surface area is 160 Å². The van der Waals surface area contributed by atoms with Gasteiger partial charge in [0.2, 0.25) is 0 Å². The topological polar surface area (TPSA) is 88.7 Å². The quantitative estimate of drug-likeness (QED) is 0.580. The van der Waals surface area contributed by atoms with E-state index in [2.05, 4.69) is 20.4 Å². The first-order chi connectivity index (χ1) is 12.4. The minimum atomic E-state index is -1.04. The van der Waals surface area contributed by atoms with E-state index >= 15 is 0 Å². The van der Waals surface area contributed by atoms with E-state index in [1.807, 2.05) is 0 Å². The highest BCUT2D eigenvalue weighted by molar-refractivity contribution is 6.45. The van der Waals surface area contributed by atoms with Gasteiger partial charge in [0.25, 0.3) is 5.91 Å². The van der Waals surface area contributed by atoms with Crippen molar-refractivity contribution < 1.29 is 14.7 Å². The van der Waals surface area contributed by atoms with Gasteiger partial charge in [-0.2, -0.15) is 5.10 Å². The maximum absolute atomic E-state index is 11.8. The molecule has 0 fully saturated rings. The predicted octanol–water partition coefficient (Wildman–Crippen LogP) is 2.91. The molecule has 0 spiro atoms. The lowest BCUT2D eigenvalue weighted by atomic mass is 10.1. The molecular weight excluding hydrogens is 379 g/mol. The van der Waals surface area contributed by atoms with E-state index in [1.54, 1.807) is 42.1 Å². The van der Waals surface area contributed by atoms with Crippen LogP contribution in [0, 0.1) is 0 Å². The highest BCUT2D eigenvalue weighted by atomic mass is 35.5. The van der Waals surface area contributed by atoms with Crippen molar-refractivity contribution in [3.63, 3.8) is 0 Å². The predicted molar refractivity (Wildman–Crippen MR) is 101 cm³/mol. The number of rotatable bonds is 6. The molecule has 0 saturated carbocycles. The van der Waals surface area contributed by atoms with Crippen molar-refractivity contribution in [2.75, 3.05) is 14.2 Å². The highest BCUT2D eigenvalue weighted by Gasteiger charge is 2.16. The first kappa shape index (κ1) is 20.0. The summed E-state index contributed by atoms with van der Waals surface area (Å²) in [7, 11) is 2.82. The van der Waals surface area contributed by atoms with E-state index in [0.29, 0.717) is 27.0 Å². The number of carbonyl (C=O) groups is 1. The number of hydrogen-bond donors (Lipinski definition) is 2. The summed E-state index contributed by atoms with van der Waals surface area (Å²) in [6.45, 7) is 1.65. The number of nitrogens with one attached hydrogen (secondary N) is 1. The van der Waals surface area contributed by atoms with Gasteiger partial charge in [-0.25, -0.2) is 4.68 Å². The van der Waals surface area contributed by atoms with Gasteiger partial charge in [-0.1, -0.05) is 28.4 Å². The van der Waals surface area contributed by atoms with Crippen LogP contribution in [-0.4, -0.2) is 40.7 Å². The van der Waals surface area contributed by atoms with Gasteiger partial charge in [0.1, 0.15) is 13.2 Å². The molecule has 0 aliphatic heterocycles. The lowest BCUT2D eigenvalue weighted by Gasteiger charge is -2.08. The molecule has 0 aliphatic rings. The van der Waals surface area contributed by atoms with Crippen molar-refractivity contribution in [1.29, 1.82) is 0 Å². The van der Waals surface area contributed by atoms with Gasteiger partial charge in [0.15, 0.2) is 5.71 Å². The third-order valence-electron chi connectivity index (χ3n) is 3.49. The smallest absolute Gasteiger partial charge is 0.273 e. The van der Waals surface area contributed by atoms with E-state index in [0.717, 1.165) is 0 Å². The normalized spacial score (nSPS) is 13.5. The van der Waals surface area contributed by atoms with E-state index in [9.17, 15) is 9.90 Å². The second kappa shape index (κ2) is 8.84. The molecule has 2 N–H and O–H groups in total. The van der Waals surface area contributed by atoms with Gasteiger partial charge in [0.05, 0.1) is 21.4 Å². The summed E-state index contributed by atoms with van der Waals surface area (Å²) in [6, 6.07) is 6.75. The zero-order chi connectivity index (χ0) is 19.3. The van der Waals surface area contributed by atoms with Crippen LogP contribution in [0.1, 0.15) is 18.7 Å². The summed E-state index contributed by atoms with van der Waals surface area (Å²) in [5.74, 6) is -0.422. The van der Waals surface area contributed by atoms with Crippen LogP contribution in [-0.2, 0) is 9.63 Å². The Balaban J connectivity index is 2.26. The molecule has 0 aliphatic carbocycles. The van der Waals surface area contributed by atoms with E-state index in [-0.39, 0.29) is 5.71 Å². The van der Waals surface area contributed by atoms with E-state index in [4.69, 9.17) is 23.2 Å². The summed E-state index contributed by atoms with van der Waals surface area (Å²) in [6.07, 6.45) is 2.12. The zero-order valence-electron chi connectivity index (χ0n) is 14.4. The zero-order valence-corrected chi connectivity index (χ0v) is 15.9. The van der Waals surface area contributed by atoms with Crippen LogP contribution in [0.4, 0.5) is 0 Å². The average molecular weight is 397 g/mol. The highest BCUT2D eigenvalue weighted by Crippen LogP contribution is 2.25. The van der Waals surface area contributed by atoms with Gasteiger partial charge in [0, 0.05) is 13.2 Å². The summed E-state index contributed by atoms with van der Waals surface area (Å²) >= 11 is 11.9. The Morgan fingerprint density at radius 3 is 2.73 bits per heavy atom. The van der Waals surface area contributed by atoms with Crippen LogP contribution in [0.2, 0.25) is 10.0 Å². The molecule has 0 saturated heterocycles. The molecule has 7 nitrogen and oxygen atoms in total. The molecule has 0 radical (unpaired) electrons. The first-order valence-corrected chi connectivity index (χ1v) is 8.34. The van der Waals surface area contributed by atoms with Crippen molar-refractivity contribution in [3.8, 4) is 5.69 Å². The van der Waals surface area contributed by atoms with Crippen molar-refractivity contribution in [3.05, 3.63) is 57.9 Å². The maximum atomic E-state index is 11.8. The summed E-state index contributed by atoms with van der Waals surface area (Å²) < 4.78 is 1.56. The number of aliphatic hydroxyl groups excluding tert-OH is 1. The third kappa shape index (κ3) is 4.63. The van der Waals surface area contributed by atoms with Gasteiger partial charge >= 0.3 is 0 Å². The van der Waals surface area contributed by atoms with Crippen LogP contribution >= 0.6 is 23.2 Å². The van der Waals surface area contributed by atoms with Crippen molar-refractivity contribution in [2.24, 2.45) is 5.16 Å². The SMILES string of the molecule is CNC(=O)C(=N/OC)/C(C)=C\C(O)c1ccn(-c2ccc(Cl)c(Cl)c2)n1. The van der Waals surface area contributed by atoms with Crippen LogP contribution in [0.3, 0.4) is 0 Å².